The minimum Gasteiger partial charge on any atom is -0.461 e. The minimum atomic E-state index is -0.0643. The van der Waals surface area contributed by atoms with Crippen LogP contribution in [0.3, 0.4) is 0 Å². The third-order valence-electron chi connectivity index (χ3n) is 8.11. The summed E-state index contributed by atoms with van der Waals surface area (Å²) in [5.41, 5.74) is 3.98. The predicted molar refractivity (Wildman–Crippen MR) is 132 cm³/mol. The molecule has 0 unspecified atom stereocenters. The molecule has 188 valence electrons. The van der Waals surface area contributed by atoms with E-state index in [0.717, 1.165) is 56.2 Å². The van der Waals surface area contributed by atoms with E-state index in [0.29, 0.717) is 24.9 Å². The summed E-state index contributed by atoms with van der Waals surface area (Å²) in [5.74, 6) is 0.916. The Kier molecular flexibility index (Phi) is 5.88. The van der Waals surface area contributed by atoms with Crippen LogP contribution in [0.15, 0.2) is 6.07 Å². The number of hydrogen-bond acceptors (Lipinski definition) is 8. The van der Waals surface area contributed by atoms with Crippen LogP contribution < -0.4 is 15.0 Å². The van der Waals surface area contributed by atoms with Crippen LogP contribution >= 0.6 is 0 Å². The second kappa shape index (κ2) is 9.05. The number of rotatable bonds is 5. The fourth-order valence-electron chi connectivity index (χ4n) is 6.28. The summed E-state index contributed by atoms with van der Waals surface area (Å²) < 4.78 is 8.35. The number of carbonyl (C=O) groups is 1. The Morgan fingerprint density at radius 1 is 1.14 bits per heavy atom. The largest absolute Gasteiger partial charge is 0.461 e. The van der Waals surface area contributed by atoms with Gasteiger partial charge in [0.2, 0.25) is 0 Å². The molecule has 1 amide bonds. The Morgan fingerprint density at radius 2 is 1.97 bits per heavy atom. The molecule has 0 spiro atoms. The van der Waals surface area contributed by atoms with Gasteiger partial charge in [-0.15, -0.1) is 0 Å². The summed E-state index contributed by atoms with van der Waals surface area (Å²) >= 11 is 0. The van der Waals surface area contributed by atoms with Crippen LogP contribution in [0, 0.1) is 0 Å². The standard InChI is InChI=1S/C25H36N8O2/c1-30(2)23(34)20-14-18-16-31(10-5-13-33(18)29-20)22-19-6-9-26-15-21(19)27-24(28-22)35-17-25-7-3-11-32(25)12-4-8-25/h14,26H,3-13,15-17H2,1-2H3. The maximum atomic E-state index is 12.5. The van der Waals surface area contributed by atoms with Gasteiger partial charge in [-0.25, -0.2) is 0 Å². The zero-order chi connectivity index (χ0) is 24.0. The maximum absolute atomic E-state index is 12.5. The SMILES string of the molecule is CN(C)C(=O)c1cc2n(n1)CCCN(c1nc(OCC34CCCN3CCC4)nc3c1CCNC3)C2. The van der Waals surface area contributed by atoms with E-state index in [2.05, 4.69) is 20.2 Å². The second-order valence-corrected chi connectivity index (χ2v) is 10.6. The number of amides is 1. The summed E-state index contributed by atoms with van der Waals surface area (Å²) in [5, 5.41) is 8.05. The average molecular weight is 481 g/mol. The minimum absolute atomic E-state index is 0.0643. The first kappa shape index (κ1) is 22.7. The van der Waals surface area contributed by atoms with Crippen LogP contribution in [0.5, 0.6) is 6.01 Å². The predicted octanol–water partition coefficient (Wildman–Crippen LogP) is 1.44. The molecule has 0 aliphatic carbocycles. The maximum Gasteiger partial charge on any atom is 0.318 e. The molecule has 35 heavy (non-hydrogen) atoms. The van der Waals surface area contributed by atoms with Crippen molar-refractivity contribution in [2.75, 3.05) is 51.8 Å². The van der Waals surface area contributed by atoms with Gasteiger partial charge in [0.15, 0.2) is 5.69 Å². The molecule has 4 aliphatic rings. The Hall–Kier alpha value is -2.72. The summed E-state index contributed by atoms with van der Waals surface area (Å²) in [7, 11) is 3.52. The van der Waals surface area contributed by atoms with Crippen molar-refractivity contribution < 1.29 is 9.53 Å². The molecule has 2 fully saturated rings. The van der Waals surface area contributed by atoms with E-state index in [1.165, 1.54) is 44.3 Å². The van der Waals surface area contributed by atoms with E-state index >= 15 is 0 Å². The fourth-order valence-corrected chi connectivity index (χ4v) is 6.28. The number of ether oxygens (including phenoxy) is 1. The van der Waals surface area contributed by atoms with Gasteiger partial charge in [-0.3, -0.25) is 14.4 Å². The molecule has 0 saturated carbocycles. The zero-order valence-electron chi connectivity index (χ0n) is 20.9. The number of nitrogens with one attached hydrogen (secondary N) is 1. The van der Waals surface area contributed by atoms with Crippen LogP contribution in [0.4, 0.5) is 5.82 Å². The van der Waals surface area contributed by atoms with Crippen molar-refractivity contribution in [2.45, 2.75) is 63.7 Å². The third kappa shape index (κ3) is 4.16. The van der Waals surface area contributed by atoms with Gasteiger partial charge in [-0.05, 0) is 64.2 Å². The Bertz CT molecular complexity index is 1100. The van der Waals surface area contributed by atoms with Crippen LogP contribution in [0.1, 0.15) is 59.5 Å². The van der Waals surface area contributed by atoms with Crippen molar-refractivity contribution in [1.29, 1.82) is 0 Å². The highest BCUT2D eigenvalue weighted by molar-refractivity contribution is 5.92. The van der Waals surface area contributed by atoms with Crippen molar-refractivity contribution in [3.05, 3.63) is 28.7 Å². The number of carbonyl (C=O) groups excluding carboxylic acids is 1. The number of aryl methyl sites for hydroxylation is 1. The monoisotopic (exact) mass is 480 g/mol. The topological polar surface area (TPSA) is 91.7 Å². The lowest BCUT2D eigenvalue weighted by Gasteiger charge is -2.32. The van der Waals surface area contributed by atoms with Gasteiger partial charge in [0.05, 0.1) is 23.5 Å². The van der Waals surface area contributed by atoms with Crippen LogP contribution in [-0.4, -0.2) is 87.9 Å². The third-order valence-corrected chi connectivity index (χ3v) is 8.11. The zero-order valence-corrected chi connectivity index (χ0v) is 20.9. The van der Waals surface area contributed by atoms with Crippen molar-refractivity contribution in [1.82, 2.24) is 34.9 Å². The lowest BCUT2D eigenvalue weighted by Crippen LogP contribution is -2.43. The molecule has 4 aliphatic heterocycles. The number of aromatic nitrogens is 4. The quantitative estimate of drug-likeness (QED) is 0.688. The van der Waals surface area contributed by atoms with Crippen molar-refractivity contribution in [3.8, 4) is 6.01 Å². The average Bonchev–Trinajstić information content (AvgIpc) is 3.52. The van der Waals surface area contributed by atoms with E-state index in [1.807, 2.05) is 10.7 Å². The van der Waals surface area contributed by atoms with Gasteiger partial charge in [0.25, 0.3) is 5.91 Å². The second-order valence-electron chi connectivity index (χ2n) is 10.6. The van der Waals surface area contributed by atoms with Crippen molar-refractivity contribution in [3.63, 3.8) is 0 Å². The molecule has 0 bridgehead atoms. The highest BCUT2D eigenvalue weighted by Gasteiger charge is 2.45. The summed E-state index contributed by atoms with van der Waals surface area (Å²) in [6.45, 7) is 7.05. The molecule has 2 saturated heterocycles. The lowest BCUT2D eigenvalue weighted by molar-refractivity contribution is 0.0821. The molecule has 1 N–H and O–H groups in total. The van der Waals surface area contributed by atoms with Gasteiger partial charge in [-0.2, -0.15) is 15.1 Å². The smallest absolute Gasteiger partial charge is 0.318 e. The number of nitrogens with zero attached hydrogens (tertiary/aromatic N) is 7. The molecule has 10 nitrogen and oxygen atoms in total. The van der Waals surface area contributed by atoms with E-state index in [4.69, 9.17) is 14.7 Å². The Morgan fingerprint density at radius 3 is 2.77 bits per heavy atom. The van der Waals surface area contributed by atoms with Crippen molar-refractivity contribution in [2.24, 2.45) is 0 Å². The summed E-state index contributed by atoms with van der Waals surface area (Å²) in [6.07, 6.45) is 6.76. The highest BCUT2D eigenvalue weighted by atomic mass is 16.5. The first-order valence-corrected chi connectivity index (χ1v) is 13.0. The number of anilines is 1. The van der Waals surface area contributed by atoms with Gasteiger partial charge in [0, 0.05) is 39.3 Å². The number of fused-ring (bicyclic) bond motifs is 3. The fraction of sp³-hybridized carbons (Fsp3) is 0.680. The highest BCUT2D eigenvalue weighted by Crippen LogP contribution is 2.39. The molecule has 2 aromatic heterocycles. The van der Waals surface area contributed by atoms with Gasteiger partial charge >= 0.3 is 6.01 Å². The number of hydrogen-bond donors (Lipinski definition) is 1. The molecule has 6 rings (SSSR count). The first-order chi connectivity index (χ1) is 17.0. The van der Waals surface area contributed by atoms with Gasteiger partial charge in [0.1, 0.15) is 12.4 Å². The van der Waals surface area contributed by atoms with Crippen LogP contribution in [-0.2, 0) is 26.1 Å². The van der Waals surface area contributed by atoms with E-state index in [9.17, 15) is 4.79 Å². The van der Waals surface area contributed by atoms with E-state index in [1.54, 1.807) is 19.0 Å². The molecular weight excluding hydrogens is 444 g/mol. The molecule has 10 heteroatoms. The molecule has 6 heterocycles. The van der Waals surface area contributed by atoms with E-state index in [-0.39, 0.29) is 11.4 Å². The van der Waals surface area contributed by atoms with Gasteiger partial charge < -0.3 is 19.9 Å². The lowest BCUT2D eigenvalue weighted by atomic mass is 9.95. The molecule has 0 atom stereocenters. The van der Waals surface area contributed by atoms with Crippen molar-refractivity contribution >= 4 is 11.7 Å². The molecule has 2 aromatic rings. The molecular formula is C25H36N8O2. The van der Waals surface area contributed by atoms with Gasteiger partial charge in [-0.1, -0.05) is 0 Å². The molecule has 0 radical (unpaired) electrons. The Balaban J connectivity index is 1.28. The molecule has 0 aromatic carbocycles. The Labute approximate surface area is 206 Å². The first-order valence-electron chi connectivity index (χ1n) is 13.0. The normalized spacial score (nSPS) is 21.3. The van der Waals surface area contributed by atoms with Crippen LogP contribution in [0.2, 0.25) is 0 Å². The summed E-state index contributed by atoms with van der Waals surface area (Å²) in [4.78, 5) is 28.9. The van der Waals surface area contributed by atoms with Crippen LogP contribution in [0.25, 0.3) is 0 Å². The summed E-state index contributed by atoms with van der Waals surface area (Å²) in [6, 6.07) is 2.43. The van der Waals surface area contributed by atoms with E-state index < -0.39 is 0 Å².